The van der Waals surface area contributed by atoms with Crippen molar-refractivity contribution in [1.29, 1.82) is 0 Å². The number of cyclic esters (lactones) is 1. The molecular formula is C36H63NO10. The normalized spacial score (nSPS) is 48.6. The lowest BCUT2D eigenvalue weighted by Crippen LogP contribution is -2.59. The van der Waals surface area contributed by atoms with Crippen molar-refractivity contribution in [2.45, 2.75) is 174 Å². The molecule has 16 atom stereocenters. The lowest BCUT2D eigenvalue weighted by atomic mass is 9.79. The van der Waals surface area contributed by atoms with Gasteiger partial charge in [-0.15, -0.1) is 0 Å². The van der Waals surface area contributed by atoms with Gasteiger partial charge in [0.1, 0.15) is 29.7 Å². The predicted molar refractivity (Wildman–Crippen MR) is 176 cm³/mol. The monoisotopic (exact) mass is 669 g/mol. The Morgan fingerprint density at radius 1 is 0.936 bits per heavy atom. The van der Waals surface area contributed by atoms with Gasteiger partial charge in [0.15, 0.2) is 12.6 Å². The predicted octanol–water partition coefficient (Wildman–Crippen LogP) is 4.46. The molecule has 4 aliphatic rings. The van der Waals surface area contributed by atoms with Gasteiger partial charge in [0, 0.05) is 50.2 Å². The summed E-state index contributed by atoms with van der Waals surface area (Å²) >= 11 is 0. The molecular weight excluding hydrogens is 606 g/mol. The highest BCUT2D eigenvalue weighted by atomic mass is 16.7. The minimum atomic E-state index is -0.956. The van der Waals surface area contributed by atoms with Gasteiger partial charge in [0.2, 0.25) is 0 Å². The van der Waals surface area contributed by atoms with Gasteiger partial charge < -0.3 is 48.7 Å². The largest absolute Gasteiger partial charge is 0.489 e. The van der Waals surface area contributed by atoms with Crippen LogP contribution in [-0.4, -0.2) is 103 Å². The van der Waals surface area contributed by atoms with Crippen LogP contribution in [0.1, 0.15) is 101 Å². The molecule has 0 aromatic carbocycles. The SMILES string of the molecule is CC[C@@H]1OC(=O)[C@H](C)[C@H](O[C@H]2C[C@@](C)(OC)C[C@H](C)O2)[C@H](C)[C@@H](O[C@@H]2O[C@H](C)C[C@H](NC)[C@H]2O)[C@@]2(C)CC(C)=C(O2)[C@@H](C)[C@@H](O)[C@H]1C. The van der Waals surface area contributed by atoms with Crippen molar-refractivity contribution in [2.24, 2.45) is 23.7 Å². The van der Waals surface area contributed by atoms with Crippen LogP contribution in [0.15, 0.2) is 11.3 Å². The molecule has 0 aliphatic carbocycles. The van der Waals surface area contributed by atoms with Crippen molar-refractivity contribution in [2.75, 3.05) is 14.2 Å². The van der Waals surface area contributed by atoms with E-state index in [4.69, 9.17) is 33.2 Å². The van der Waals surface area contributed by atoms with E-state index < -0.39 is 72.1 Å². The number of methoxy groups -OCH3 is 1. The van der Waals surface area contributed by atoms with E-state index in [-0.39, 0.29) is 30.1 Å². The zero-order valence-corrected chi connectivity index (χ0v) is 30.8. The van der Waals surface area contributed by atoms with Gasteiger partial charge in [-0.05, 0) is 67.0 Å². The summed E-state index contributed by atoms with van der Waals surface area (Å²) < 4.78 is 45.2. The molecule has 3 saturated heterocycles. The van der Waals surface area contributed by atoms with Crippen LogP contribution in [0.2, 0.25) is 0 Å². The second-order valence-electron chi connectivity index (χ2n) is 15.4. The first-order chi connectivity index (χ1) is 22.0. The van der Waals surface area contributed by atoms with Crippen LogP contribution in [0.5, 0.6) is 0 Å². The Hall–Kier alpha value is -1.31. The third-order valence-electron chi connectivity index (χ3n) is 11.4. The summed E-state index contributed by atoms with van der Waals surface area (Å²) in [6, 6.07) is -0.228. The third-order valence-corrected chi connectivity index (χ3v) is 11.4. The maximum Gasteiger partial charge on any atom is 0.311 e. The Morgan fingerprint density at radius 3 is 2.23 bits per heavy atom. The first-order valence-corrected chi connectivity index (χ1v) is 17.8. The molecule has 272 valence electrons. The topological polar surface area (TPSA) is 134 Å². The second-order valence-corrected chi connectivity index (χ2v) is 15.4. The average molecular weight is 670 g/mol. The zero-order valence-electron chi connectivity index (χ0n) is 30.8. The lowest BCUT2D eigenvalue weighted by Gasteiger charge is -2.47. The summed E-state index contributed by atoms with van der Waals surface area (Å²) in [5.74, 6) is -1.60. The molecule has 3 fully saturated rings. The Balaban J connectivity index is 1.80. The maximum absolute atomic E-state index is 14.0. The Labute approximate surface area is 282 Å². The number of nitrogens with one attached hydrogen (secondary N) is 1. The first kappa shape index (κ1) is 38.5. The van der Waals surface area contributed by atoms with E-state index in [1.165, 1.54) is 0 Å². The number of fused-ring (bicyclic) bond motifs is 2. The molecule has 0 radical (unpaired) electrons. The molecule has 4 rings (SSSR count). The smallest absolute Gasteiger partial charge is 0.311 e. The van der Waals surface area contributed by atoms with Crippen molar-refractivity contribution >= 4 is 5.97 Å². The van der Waals surface area contributed by atoms with Crippen LogP contribution in [0.4, 0.5) is 0 Å². The molecule has 11 nitrogen and oxygen atoms in total. The van der Waals surface area contributed by atoms with Crippen LogP contribution in [0.25, 0.3) is 0 Å². The minimum absolute atomic E-state index is 0.123. The molecule has 0 unspecified atom stereocenters. The fraction of sp³-hybridized carbons (Fsp3) is 0.917. The maximum atomic E-state index is 14.0. The lowest BCUT2D eigenvalue weighted by molar-refractivity contribution is -0.305. The summed E-state index contributed by atoms with van der Waals surface area (Å²) in [5.41, 5.74) is -0.370. The number of rotatable bonds is 7. The molecule has 0 aromatic rings. The number of hydrogen-bond donors (Lipinski definition) is 3. The highest BCUT2D eigenvalue weighted by molar-refractivity contribution is 5.73. The van der Waals surface area contributed by atoms with Crippen LogP contribution < -0.4 is 5.32 Å². The standard InChI is InChI=1S/C36H63NO10/c1-13-26-21(5)28(38)22(6)30-18(2)15-36(10,47-30)32(46-34-29(39)25(37-11)14-19(3)43-34)23(7)31(24(8)33(40)44-26)45-27-17-35(9,41-12)16-20(4)42-27/h19-29,31-32,34,37-39H,13-17H2,1-12H3/t19-,20+,21+,22+,23+,24-,25+,26+,27+,28+,29-,31-,32-,34+,35+,36-/m1/s1. The molecule has 0 spiro atoms. The number of aliphatic hydroxyl groups excluding tert-OH is 2. The van der Waals surface area contributed by atoms with E-state index in [0.717, 1.165) is 5.57 Å². The second kappa shape index (κ2) is 15.3. The molecule has 3 N–H and O–H groups in total. The quantitative estimate of drug-likeness (QED) is 0.332. The highest BCUT2D eigenvalue weighted by Gasteiger charge is 2.54. The van der Waals surface area contributed by atoms with Gasteiger partial charge in [-0.3, -0.25) is 4.79 Å². The summed E-state index contributed by atoms with van der Waals surface area (Å²) in [7, 11) is 3.51. The highest BCUT2D eigenvalue weighted by Crippen LogP contribution is 2.47. The summed E-state index contributed by atoms with van der Waals surface area (Å²) in [5, 5.41) is 26.2. The van der Waals surface area contributed by atoms with Crippen molar-refractivity contribution in [3.05, 3.63) is 11.3 Å². The fourth-order valence-corrected chi connectivity index (χ4v) is 8.52. The van der Waals surface area contributed by atoms with Gasteiger partial charge in [-0.2, -0.15) is 0 Å². The number of hydrogen-bond acceptors (Lipinski definition) is 11. The molecule has 11 heteroatoms. The Bertz CT molecular complexity index is 1100. The van der Waals surface area contributed by atoms with Gasteiger partial charge in [0.25, 0.3) is 0 Å². The van der Waals surface area contributed by atoms with E-state index in [0.29, 0.717) is 37.9 Å². The molecule has 47 heavy (non-hydrogen) atoms. The van der Waals surface area contributed by atoms with Crippen LogP contribution in [-0.2, 0) is 38.0 Å². The van der Waals surface area contributed by atoms with Crippen molar-refractivity contribution in [3.8, 4) is 0 Å². The summed E-state index contributed by atoms with van der Waals surface area (Å²) in [4.78, 5) is 14.0. The number of carbonyl (C=O) groups is 1. The van der Waals surface area contributed by atoms with Gasteiger partial charge >= 0.3 is 5.97 Å². The minimum Gasteiger partial charge on any atom is -0.489 e. The van der Waals surface area contributed by atoms with Crippen LogP contribution >= 0.6 is 0 Å². The molecule has 4 aliphatic heterocycles. The van der Waals surface area contributed by atoms with E-state index in [1.54, 1.807) is 7.11 Å². The van der Waals surface area contributed by atoms with Gasteiger partial charge in [-0.25, -0.2) is 0 Å². The Morgan fingerprint density at radius 2 is 1.62 bits per heavy atom. The number of carbonyl (C=O) groups excluding carboxylic acids is 1. The Kier molecular flexibility index (Phi) is 12.5. The zero-order chi connectivity index (χ0) is 35.0. The molecule has 4 heterocycles. The number of likely N-dealkylation sites (N-methyl/N-ethyl adjacent to an activating group) is 1. The fourth-order valence-electron chi connectivity index (χ4n) is 8.52. The summed E-state index contributed by atoms with van der Waals surface area (Å²) in [6.45, 7) is 19.7. The molecule has 0 saturated carbocycles. The number of esters is 1. The van der Waals surface area contributed by atoms with Crippen molar-refractivity contribution < 1.29 is 48.2 Å². The molecule has 2 bridgehead atoms. The third kappa shape index (κ3) is 8.20. The van der Waals surface area contributed by atoms with E-state index >= 15 is 0 Å². The van der Waals surface area contributed by atoms with Crippen molar-refractivity contribution in [3.63, 3.8) is 0 Å². The van der Waals surface area contributed by atoms with E-state index in [2.05, 4.69) is 5.32 Å². The number of ether oxygens (including phenoxy) is 7. The van der Waals surface area contributed by atoms with Gasteiger partial charge in [-0.1, -0.05) is 27.7 Å². The van der Waals surface area contributed by atoms with Gasteiger partial charge in [0.05, 0.1) is 35.9 Å². The van der Waals surface area contributed by atoms with E-state index in [9.17, 15) is 15.0 Å². The number of aliphatic hydroxyl groups is 2. The summed E-state index contributed by atoms with van der Waals surface area (Å²) in [6.07, 6.45) is -2.70. The van der Waals surface area contributed by atoms with Crippen molar-refractivity contribution in [1.82, 2.24) is 5.32 Å². The van der Waals surface area contributed by atoms with Crippen LogP contribution in [0.3, 0.4) is 0 Å². The average Bonchev–Trinajstić information content (AvgIpc) is 3.34. The molecule has 0 aromatic heterocycles. The first-order valence-electron chi connectivity index (χ1n) is 17.8. The van der Waals surface area contributed by atoms with Crippen LogP contribution in [0, 0.1) is 23.7 Å². The van der Waals surface area contributed by atoms with E-state index in [1.807, 2.05) is 76.3 Å². The molecule has 0 amide bonds.